The van der Waals surface area contributed by atoms with Crippen LogP contribution >= 0.6 is 0 Å². The molecule has 0 radical (unpaired) electrons. The number of hydrogen-bond acceptors (Lipinski definition) is 11. The number of piperazine rings is 1. The average molecular weight is 561 g/mol. The summed E-state index contributed by atoms with van der Waals surface area (Å²) < 4.78 is 22.1. The molecule has 13 heteroatoms. The molecule has 9 unspecified atom stereocenters. The van der Waals surface area contributed by atoms with Crippen LogP contribution in [0.3, 0.4) is 0 Å². The number of carbonyl (C=O) groups excluding carboxylic acids is 1. The minimum absolute atomic E-state index is 0.0152. The van der Waals surface area contributed by atoms with Crippen molar-refractivity contribution in [3.05, 3.63) is 36.8 Å². The minimum atomic E-state index is -1.02. The summed E-state index contributed by atoms with van der Waals surface area (Å²) in [5.41, 5.74) is 3.22. The summed E-state index contributed by atoms with van der Waals surface area (Å²) in [7, 11) is 0. The van der Waals surface area contributed by atoms with Crippen molar-refractivity contribution < 1.29 is 13.9 Å². The molecule has 0 bridgehead atoms. The summed E-state index contributed by atoms with van der Waals surface area (Å²) in [4.78, 5) is 16.4. The Bertz CT molecular complexity index is 998. The lowest BCUT2D eigenvalue weighted by Gasteiger charge is -2.51. The fourth-order valence-electron chi connectivity index (χ4n) is 6.99. The molecule has 10 atom stereocenters. The van der Waals surface area contributed by atoms with Crippen LogP contribution < -0.4 is 37.3 Å². The summed E-state index contributed by atoms with van der Waals surface area (Å²) >= 11 is 0. The SMILES string of the molecule is C=CC(=O)N1CCN(C2NCC3NCNC(NC4CCC(OC5=CC6NCNN6C=C5)C(C)C4F)C3N2)C[C@H]1C. The lowest BCUT2D eigenvalue weighted by molar-refractivity contribution is -0.131. The largest absolute Gasteiger partial charge is 0.490 e. The van der Waals surface area contributed by atoms with Crippen LogP contribution in [0.15, 0.2) is 36.8 Å². The molecule has 1 saturated carbocycles. The molecule has 6 aliphatic rings. The second kappa shape index (κ2) is 12.0. The van der Waals surface area contributed by atoms with E-state index >= 15 is 4.39 Å². The first-order valence-corrected chi connectivity index (χ1v) is 14.8. The number of allylic oxidation sites excluding steroid dienone is 1. The Morgan fingerprint density at radius 2 is 2.05 bits per heavy atom. The maximum atomic E-state index is 15.8. The zero-order valence-corrected chi connectivity index (χ0v) is 23.5. The van der Waals surface area contributed by atoms with Crippen LogP contribution in [0, 0.1) is 5.92 Å². The van der Waals surface area contributed by atoms with E-state index in [1.807, 2.05) is 35.2 Å². The Morgan fingerprint density at radius 3 is 2.88 bits per heavy atom. The summed E-state index contributed by atoms with van der Waals surface area (Å²) in [5, 5.41) is 23.5. The zero-order valence-electron chi connectivity index (χ0n) is 23.5. The summed E-state index contributed by atoms with van der Waals surface area (Å²) in [6.07, 6.45) is 7.66. The maximum Gasteiger partial charge on any atom is 0.246 e. The van der Waals surface area contributed by atoms with E-state index in [2.05, 4.69) is 55.7 Å². The molecule has 1 aliphatic carbocycles. The number of alkyl halides is 1. The highest BCUT2D eigenvalue weighted by atomic mass is 19.1. The van der Waals surface area contributed by atoms with Crippen molar-refractivity contribution in [1.29, 1.82) is 0 Å². The van der Waals surface area contributed by atoms with Crippen LogP contribution in [0.5, 0.6) is 0 Å². The molecular formula is C27H45FN10O2. The molecule has 0 aromatic heterocycles. The standard InChI is InChI=1S/C27H45FN10O2/c1-4-23(39)37-10-9-36(13-16(37)2)27-29-12-20-25(35-27)26(32-14-30-20)34-19-5-6-21(17(3)24(19)28)40-18-7-8-38-22(11-18)31-15-33-38/h4,7-8,11,16-17,19-22,24-27,29-35H,1,5-6,9-10,12-15H2,2-3H3/t16-,17?,19?,20?,21?,22?,24?,25?,26?,27?/m1/s1. The number of hydrogen-bond donors (Lipinski definition) is 7. The van der Waals surface area contributed by atoms with Crippen molar-refractivity contribution in [2.24, 2.45) is 5.92 Å². The predicted molar refractivity (Wildman–Crippen MR) is 149 cm³/mol. The monoisotopic (exact) mass is 560 g/mol. The highest BCUT2D eigenvalue weighted by Crippen LogP contribution is 2.32. The molecule has 7 N–H and O–H groups in total. The molecule has 222 valence electrons. The lowest BCUT2D eigenvalue weighted by atomic mass is 9.82. The van der Waals surface area contributed by atoms with Gasteiger partial charge < -0.3 is 9.64 Å². The minimum Gasteiger partial charge on any atom is -0.490 e. The number of amides is 1. The highest BCUT2D eigenvalue weighted by Gasteiger charge is 2.44. The molecule has 5 aliphatic heterocycles. The molecule has 40 heavy (non-hydrogen) atoms. The molecule has 6 rings (SSSR count). The first-order valence-electron chi connectivity index (χ1n) is 14.8. The molecule has 0 spiro atoms. The number of halogens is 1. The Hall–Kier alpha value is -2.10. The van der Waals surface area contributed by atoms with Crippen LogP contribution in [0.2, 0.25) is 0 Å². The quantitative estimate of drug-likeness (QED) is 0.195. The molecular weight excluding hydrogens is 515 g/mol. The Labute approximate surface area is 236 Å². The van der Waals surface area contributed by atoms with Crippen molar-refractivity contribution in [3.63, 3.8) is 0 Å². The van der Waals surface area contributed by atoms with E-state index in [4.69, 9.17) is 4.74 Å². The van der Waals surface area contributed by atoms with Crippen molar-refractivity contribution in [1.82, 2.24) is 52.1 Å². The first-order chi connectivity index (χ1) is 19.4. The molecule has 4 saturated heterocycles. The van der Waals surface area contributed by atoms with Crippen molar-refractivity contribution in [2.75, 3.05) is 39.5 Å². The van der Waals surface area contributed by atoms with Crippen LogP contribution in [0.4, 0.5) is 4.39 Å². The Balaban J connectivity index is 1.04. The molecule has 1 amide bonds. The van der Waals surface area contributed by atoms with Gasteiger partial charge in [-0.05, 0) is 38.0 Å². The van der Waals surface area contributed by atoms with E-state index in [9.17, 15) is 4.79 Å². The predicted octanol–water partition coefficient (Wildman–Crippen LogP) is -1.39. The van der Waals surface area contributed by atoms with E-state index in [1.165, 1.54) is 6.08 Å². The van der Waals surface area contributed by atoms with Crippen molar-refractivity contribution in [3.8, 4) is 0 Å². The normalized spacial score (nSPS) is 42.1. The number of hydrazine groups is 1. The molecule has 0 aromatic carbocycles. The number of fused-ring (bicyclic) bond motifs is 2. The van der Waals surface area contributed by atoms with Gasteiger partial charge in [0.1, 0.15) is 30.5 Å². The smallest absolute Gasteiger partial charge is 0.246 e. The van der Waals surface area contributed by atoms with Gasteiger partial charge in [-0.15, -0.1) is 0 Å². The van der Waals surface area contributed by atoms with Gasteiger partial charge in [0, 0.05) is 63.1 Å². The maximum absolute atomic E-state index is 15.8. The third-order valence-electron chi connectivity index (χ3n) is 9.35. The van der Waals surface area contributed by atoms with Crippen LogP contribution in [-0.4, -0.2) is 115 Å². The van der Waals surface area contributed by atoms with Gasteiger partial charge in [0.2, 0.25) is 5.91 Å². The first kappa shape index (κ1) is 28.0. The van der Waals surface area contributed by atoms with E-state index in [0.29, 0.717) is 26.3 Å². The number of rotatable bonds is 6. The van der Waals surface area contributed by atoms with E-state index < -0.39 is 6.17 Å². The fraction of sp³-hybridized carbons (Fsp3) is 0.741. The van der Waals surface area contributed by atoms with Gasteiger partial charge in [-0.25, -0.2) is 9.82 Å². The van der Waals surface area contributed by atoms with Crippen LogP contribution in [0.25, 0.3) is 0 Å². The topological polar surface area (TPSA) is 120 Å². The van der Waals surface area contributed by atoms with Crippen molar-refractivity contribution in [2.45, 2.75) is 81.8 Å². The zero-order chi connectivity index (χ0) is 27.8. The van der Waals surface area contributed by atoms with Gasteiger partial charge in [0.15, 0.2) is 0 Å². The van der Waals surface area contributed by atoms with Gasteiger partial charge >= 0.3 is 0 Å². The Morgan fingerprint density at radius 1 is 1.18 bits per heavy atom. The second-order valence-electron chi connectivity index (χ2n) is 11.8. The number of nitrogens with one attached hydrogen (secondary N) is 7. The van der Waals surface area contributed by atoms with Crippen molar-refractivity contribution >= 4 is 5.91 Å². The van der Waals surface area contributed by atoms with Gasteiger partial charge in [-0.3, -0.25) is 46.6 Å². The van der Waals surface area contributed by atoms with Gasteiger partial charge in [-0.2, -0.15) is 0 Å². The van der Waals surface area contributed by atoms with Gasteiger partial charge in [0.25, 0.3) is 0 Å². The third-order valence-corrected chi connectivity index (χ3v) is 9.35. The van der Waals surface area contributed by atoms with Crippen LogP contribution in [0.1, 0.15) is 26.7 Å². The molecule has 5 heterocycles. The van der Waals surface area contributed by atoms with Crippen LogP contribution in [-0.2, 0) is 9.53 Å². The van der Waals surface area contributed by atoms with E-state index in [-0.39, 0.29) is 60.7 Å². The summed E-state index contributed by atoms with van der Waals surface area (Å²) in [6, 6.07) is 0.150. The van der Waals surface area contributed by atoms with E-state index in [1.54, 1.807) is 0 Å². The number of carbonyl (C=O) groups is 1. The molecule has 5 fully saturated rings. The highest BCUT2D eigenvalue weighted by molar-refractivity contribution is 5.87. The molecule has 12 nitrogen and oxygen atoms in total. The number of ether oxygens (including phenoxy) is 1. The number of nitrogens with zero attached hydrogens (tertiary/aromatic N) is 3. The average Bonchev–Trinajstić information content (AvgIpc) is 3.44. The summed E-state index contributed by atoms with van der Waals surface area (Å²) in [5.74, 6) is 0.554. The fourth-order valence-corrected chi connectivity index (χ4v) is 6.99. The van der Waals surface area contributed by atoms with Gasteiger partial charge in [-0.1, -0.05) is 13.5 Å². The lowest BCUT2D eigenvalue weighted by Crippen LogP contribution is -2.80. The molecule has 0 aromatic rings. The van der Waals surface area contributed by atoms with Gasteiger partial charge in [0.05, 0.1) is 18.9 Å². The van der Waals surface area contributed by atoms with E-state index in [0.717, 1.165) is 31.8 Å². The Kier molecular flexibility index (Phi) is 8.43. The second-order valence-corrected chi connectivity index (χ2v) is 11.8. The third kappa shape index (κ3) is 5.66. The summed E-state index contributed by atoms with van der Waals surface area (Å²) in [6.45, 7) is 12.1.